The molecule has 4 rings (SSSR count). The van der Waals surface area contributed by atoms with Crippen molar-refractivity contribution in [2.24, 2.45) is 11.7 Å². The van der Waals surface area contributed by atoms with Gasteiger partial charge in [-0.25, -0.2) is 18.4 Å². The third-order valence-electron chi connectivity index (χ3n) is 7.46. The van der Waals surface area contributed by atoms with Crippen molar-refractivity contribution in [3.63, 3.8) is 0 Å². The molecular weight excluding hydrogens is 594 g/mol. The van der Waals surface area contributed by atoms with Crippen LogP contribution in [0.3, 0.4) is 0 Å². The Morgan fingerprint density at radius 3 is 2.37 bits per heavy atom. The fourth-order valence-electron chi connectivity index (χ4n) is 5.27. The number of hydrogen-bond donors (Lipinski definition) is 3. The molecule has 1 aliphatic rings. The van der Waals surface area contributed by atoms with Crippen molar-refractivity contribution in [3.8, 4) is 0 Å². The molecule has 4 N–H and O–H groups in total. The molecule has 2 amide bonds. The van der Waals surface area contributed by atoms with Crippen molar-refractivity contribution in [3.05, 3.63) is 41.0 Å². The van der Waals surface area contributed by atoms with E-state index in [0.717, 1.165) is 4.68 Å². The number of hydrogen-bond acceptors (Lipinski definition) is 5. The van der Waals surface area contributed by atoms with E-state index in [4.69, 9.17) is 5.73 Å². The number of imidazole rings is 1. The number of H-pyrrole nitrogens is 1. The van der Waals surface area contributed by atoms with Gasteiger partial charge in [0.1, 0.15) is 17.2 Å². The second-order valence-electron chi connectivity index (χ2n) is 10.7. The van der Waals surface area contributed by atoms with Crippen molar-refractivity contribution >= 4 is 22.8 Å². The maximum Gasteiger partial charge on any atom is 0.390 e. The normalized spacial score (nSPS) is 17.6. The zero-order chi connectivity index (χ0) is 31.7. The molecule has 0 spiro atoms. The number of amides is 2. The largest absolute Gasteiger partial charge is 0.390 e. The smallest absolute Gasteiger partial charge is 0.364 e. The Labute approximate surface area is 239 Å². The number of nitrogens with two attached hydrogens (primary N) is 1. The monoisotopic (exact) mass is 623 g/mol. The van der Waals surface area contributed by atoms with Crippen LogP contribution in [0.2, 0.25) is 0 Å². The maximum absolute atomic E-state index is 14.0. The fraction of sp³-hybridized carbons (Fsp3) is 0.577. The maximum atomic E-state index is 14.0. The lowest BCUT2D eigenvalue weighted by atomic mass is 9.76. The molecule has 0 aliphatic heterocycles. The van der Waals surface area contributed by atoms with Gasteiger partial charge in [-0.3, -0.25) is 9.59 Å². The van der Waals surface area contributed by atoms with Gasteiger partial charge in [-0.15, -0.1) is 5.10 Å². The van der Waals surface area contributed by atoms with Crippen LogP contribution in [0.1, 0.15) is 91.4 Å². The second-order valence-corrected chi connectivity index (χ2v) is 10.7. The van der Waals surface area contributed by atoms with E-state index in [1.165, 1.54) is 0 Å². The number of aryl methyl sites for hydroxylation is 1. The Hall–Kier alpha value is -3.79. The predicted molar refractivity (Wildman–Crippen MR) is 136 cm³/mol. The lowest BCUT2D eigenvalue weighted by Crippen LogP contribution is -2.30. The summed E-state index contributed by atoms with van der Waals surface area (Å²) >= 11 is 0. The molecule has 1 aromatic carbocycles. The lowest BCUT2D eigenvalue weighted by molar-refractivity contribution is -0.144. The third-order valence-corrected chi connectivity index (χ3v) is 7.46. The average molecular weight is 624 g/mol. The molecule has 43 heavy (non-hydrogen) atoms. The number of benzene rings is 1. The number of fused-ring (bicyclic) bond motifs is 1. The van der Waals surface area contributed by atoms with Gasteiger partial charge >= 0.3 is 12.4 Å². The molecule has 1 fully saturated rings. The quantitative estimate of drug-likeness (QED) is 0.250. The van der Waals surface area contributed by atoms with E-state index in [2.05, 4.69) is 25.6 Å². The highest BCUT2D eigenvalue weighted by molar-refractivity contribution is 5.92. The predicted octanol–water partition coefficient (Wildman–Crippen LogP) is 5.68. The second kappa shape index (κ2) is 12.1. The van der Waals surface area contributed by atoms with E-state index in [1.54, 1.807) is 25.1 Å². The van der Waals surface area contributed by atoms with Crippen molar-refractivity contribution in [2.75, 3.05) is 0 Å². The minimum Gasteiger partial charge on any atom is -0.364 e. The highest BCUT2D eigenvalue weighted by Crippen LogP contribution is 2.45. The highest BCUT2D eigenvalue weighted by Gasteiger charge is 2.42. The van der Waals surface area contributed by atoms with Crippen LogP contribution in [0.15, 0.2) is 18.2 Å². The van der Waals surface area contributed by atoms with Gasteiger partial charge in [-0.2, -0.15) is 26.3 Å². The Morgan fingerprint density at radius 1 is 1.12 bits per heavy atom. The number of aromatic amines is 1. The standard InChI is InChI=1S/C26H29F8N7O2/c1-13(36-18(42)6-9-25(29,30)31)15-2-3-16-17(12-15)38-23(37-16)19(14-4-7-24(27,28)8-5-14)20-21(22(35)43)41(40-39-20)11-10-26(32,33)34/h2-3,12-14,19H,4-11H2,1H3,(H2,35,43)(H,36,42)(H,37,38)/t13-,19+/m1/s1. The first-order chi connectivity index (χ1) is 19.9. The minimum atomic E-state index is -4.55. The van der Waals surface area contributed by atoms with Crippen molar-refractivity contribution in [2.45, 2.75) is 88.6 Å². The van der Waals surface area contributed by atoms with E-state index >= 15 is 0 Å². The molecular formula is C26H29F8N7O2. The highest BCUT2D eigenvalue weighted by atomic mass is 19.4. The zero-order valence-electron chi connectivity index (χ0n) is 22.8. The number of alkyl halides is 8. The molecule has 17 heteroatoms. The molecule has 2 heterocycles. The Balaban J connectivity index is 1.67. The van der Waals surface area contributed by atoms with Crippen LogP contribution < -0.4 is 11.1 Å². The topological polar surface area (TPSA) is 132 Å². The van der Waals surface area contributed by atoms with Gasteiger partial charge in [0.05, 0.1) is 42.4 Å². The summed E-state index contributed by atoms with van der Waals surface area (Å²) in [4.78, 5) is 32.0. The molecule has 0 unspecified atom stereocenters. The van der Waals surface area contributed by atoms with Crippen LogP contribution in [-0.4, -0.2) is 55.1 Å². The van der Waals surface area contributed by atoms with Crippen LogP contribution in [0.5, 0.6) is 0 Å². The van der Waals surface area contributed by atoms with E-state index in [-0.39, 0.29) is 30.1 Å². The fourth-order valence-corrected chi connectivity index (χ4v) is 5.27. The third kappa shape index (κ3) is 8.19. The Kier molecular flexibility index (Phi) is 9.02. The van der Waals surface area contributed by atoms with Crippen molar-refractivity contribution < 1.29 is 44.7 Å². The summed E-state index contributed by atoms with van der Waals surface area (Å²) in [5.41, 5.74) is 6.39. The van der Waals surface area contributed by atoms with Crippen LogP contribution in [-0.2, 0) is 11.3 Å². The Bertz CT molecular complexity index is 1450. The number of nitrogens with zero attached hydrogens (tertiary/aromatic N) is 4. The van der Waals surface area contributed by atoms with Crippen LogP contribution >= 0.6 is 0 Å². The summed E-state index contributed by atoms with van der Waals surface area (Å²) in [5, 5.41) is 10.2. The van der Waals surface area contributed by atoms with Gasteiger partial charge in [0.15, 0.2) is 0 Å². The lowest BCUT2D eigenvalue weighted by Gasteiger charge is -2.32. The molecule has 0 radical (unpaired) electrons. The number of rotatable bonds is 10. The number of carbonyl (C=O) groups excluding carboxylic acids is 2. The molecule has 1 saturated carbocycles. The number of carbonyl (C=O) groups is 2. The van der Waals surface area contributed by atoms with Crippen molar-refractivity contribution in [1.29, 1.82) is 0 Å². The molecule has 0 bridgehead atoms. The summed E-state index contributed by atoms with van der Waals surface area (Å²) in [6.07, 6.45) is -13.3. The zero-order valence-corrected chi connectivity index (χ0v) is 22.8. The molecule has 0 saturated heterocycles. The van der Waals surface area contributed by atoms with Gasteiger partial charge in [-0.1, -0.05) is 11.3 Å². The van der Waals surface area contributed by atoms with Gasteiger partial charge in [0, 0.05) is 19.3 Å². The molecule has 3 aromatic rings. The van der Waals surface area contributed by atoms with Crippen LogP contribution in [0.25, 0.3) is 11.0 Å². The summed E-state index contributed by atoms with van der Waals surface area (Å²) in [7, 11) is 0. The SMILES string of the molecule is C[C@@H](NC(=O)CCC(F)(F)F)c1ccc2nc([C@H](c3nnn(CCC(F)(F)F)c3C(N)=O)C3CCC(F)(F)CC3)[nH]c2c1. The van der Waals surface area contributed by atoms with Gasteiger partial charge in [0.25, 0.3) is 5.91 Å². The average Bonchev–Trinajstić information content (AvgIpc) is 3.50. The first kappa shape index (κ1) is 32.1. The summed E-state index contributed by atoms with van der Waals surface area (Å²) in [6.45, 7) is 0.841. The van der Waals surface area contributed by atoms with E-state index in [1.807, 2.05) is 0 Å². The van der Waals surface area contributed by atoms with Gasteiger partial charge in [0.2, 0.25) is 11.8 Å². The number of aromatic nitrogens is 5. The van der Waals surface area contributed by atoms with Crippen LogP contribution in [0.4, 0.5) is 35.1 Å². The first-order valence-electron chi connectivity index (χ1n) is 13.5. The Morgan fingerprint density at radius 2 is 1.77 bits per heavy atom. The molecule has 2 atom stereocenters. The minimum absolute atomic E-state index is 0.00539. The van der Waals surface area contributed by atoms with E-state index in [9.17, 15) is 44.7 Å². The summed E-state index contributed by atoms with van der Waals surface area (Å²) in [5.74, 6) is -6.10. The van der Waals surface area contributed by atoms with Crippen molar-refractivity contribution in [1.82, 2.24) is 30.3 Å². The van der Waals surface area contributed by atoms with Gasteiger partial charge in [-0.05, 0) is 43.4 Å². The summed E-state index contributed by atoms with van der Waals surface area (Å²) in [6, 6.07) is 4.09. The number of halogens is 8. The first-order valence-corrected chi connectivity index (χ1v) is 13.5. The molecule has 9 nitrogen and oxygen atoms in total. The van der Waals surface area contributed by atoms with E-state index < -0.39 is 86.6 Å². The number of nitrogens with one attached hydrogen (secondary N) is 2. The molecule has 1 aliphatic carbocycles. The molecule has 236 valence electrons. The van der Waals surface area contributed by atoms with Crippen LogP contribution in [0, 0.1) is 5.92 Å². The van der Waals surface area contributed by atoms with E-state index in [0.29, 0.717) is 16.6 Å². The number of primary amides is 1. The summed E-state index contributed by atoms with van der Waals surface area (Å²) < 4.78 is 105. The van der Waals surface area contributed by atoms with Gasteiger partial charge < -0.3 is 16.0 Å². The molecule has 2 aromatic heterocycles.